The normalized spacial score (nSPS) is 29.5. The molecule has 2 heterocycles. The molecule has 4 rings (SSSR count). The minimum Gasteiger partial charge on any atom is -0.375 e. The number of hydrogen-bond acceptors (Lipinski definition) is 5. The van der Waals surface area contributed by atoms with Crippen molar-refractivity contribution in [2.75, 3.05) is 11.9 Å². The van der Waals surface area contributed by atoms with Gasteiger partial charge in [-0.05, 0) is 38.5 Å². The summed E-state index contributed by atoms with van der Waals surface area (Å²) in [5.74, 6) is 1.72. The molecule has 1 N–H and O–H groups in total. The van der Waals surface area contributed by atoms with Crippen molar-refractivity contribution in [3.05, 3.63) is 5.82 Å². The molecular formula is C15H23N3OS. The first-order valence-electron chi connectivity index (χ1n) is 8.07. The van der Waals surface area contributed by atoms with Crippen molar-refractivity contribution in [2.45, 2.75) is 75.3 Å². The highest BCUT2D eigenvalue weighted by Gasteiger charge is 2.38. The summed E-state index contributed by atoms with van der Waals surface area (Å²) in [6.07, 6.45) is 11.3. The standard InChI is InChI=1S/C15H23N3OS/c1-2-7-15(8-3-1)10-12(6-9-19-15)16-14-17-13(18-20-14)11-4-5-11/h11-12H,1-10H2,(H,16,17,18)/t12-/m1/s1. The molecule has 5 heteroatoms. The van der Waals surface area contributed by atoms with Gasteiger partial charge < -0.3 is 10.1 Å². The van der Waals surface area contributed by atoms with Gasteiger partial charge in [0, 0.05) is 30.1 Å². The minimum absolute atomic E-state index is 0.165. The second-order valence-electron chi connectivity index (χ2n) is 6.66. The fourth-order valence-electron chi connectivity index (χ4n) is 3.67. The number of rotatable bonds is 3. The largest absolute Gasteiger partial charge is 0.375 e. The molecule has 3 fully saturated rings. The van der Waals surface area contributed by atoms with Gasteiger partial charge in [0.05, 0.1) is 5.60 Å². The summed E-state index contributed by atoms with van der Waals surface area (Å²) in [7, 11) is 0. The van der Waals surface area contributed by atoms with Crippen LogP contribution >= 0.6 is 11.5 Å². The van der Waals surface area contributed by atoms with E-state index >= 15 is 0 Å². The Morgan fingerprint density at radius 2 is 2.00 bits per heavy atom. The van der Waals surface area contributed by atoms with Gasteiger partial charge in [-0.2, -0.15) is 4.37 Å². The van der Waals surface area contributed by atoms with E-state index in [9.17, 15) is 0 Å². The van der Waals surface area contributed by atoms with Crippen LogP contribution in [-0.2, 0) is 4.74 Å². The van der Waals surface area contributed by atoms with Gasteiger partial charge in [-0.15, -0.1) is 0 Å². The van der Waals surface area contributed by atoms with Crippen molar-refractivity contribution in [3.8, 4) is 0 Å². The predicted octanol–water partition coefficient (Wildman–Crippen LogP) is 3.71. The Kier molecular flexibility index (Phi) is 3.42. The molecule has 0 radical (unpaired) electrons. The molecule has 2 aliphatic carbocycles. The molecule has 0 bridgehead atoms. The van der Waals surface area contributed by atoms with Crippen LogP contribution in [0.5, 0.6) is 0 Å². The lowest BCUT2D eigenvalue weighted by Gasteiger charge is -2.43. The summed E-state index contributed by atoms with van der Waals surface area (Å²) in [5.41, 5.74) is 0.165. The van der Waals surface area contributed by atoms with Crippen LogP contribution in [0.2, 0.25) is 0 Å². The first-order valence-corrected chi connectivity index (χ1v) is 8.84. The zero-order valence-corrected chi connectivity index (χ0v) is 12.8. The Bertz CT molecular complexity index is 460. The topological polar surface area (TPSA) is 47.0 Å². The van der Waals surface area contributed by atoms with Crippen LogP contribution in [0.4, 0.5) is 5.13 Å². The maximum Gasteiger partial charge on any atom is 0.202 e. The third-order valence-electron chi connectivity index (χ3n) is 4.97. The quantitative estimate of drug-likeness (QED) is 0.923. The molecule has 1 spiro atoms. The van der Waals surface area contributed by atoms with Gasteiger partial charge in [-0.1, -0.05) is 19.3 Å². The summed E-state index contributed by atoms with van der Waals surface area (Å²) < 4.78 is 10.6. The highest BCUT2D eigenvalue weighted by atomic mass is 32.1. The molecule has 1 aromatic rings. The summed E-state index contributed by atoms with van der Waals surface area (Å²) in [5, 5.41) is 4.64. The molecule has 110 valence electrons. The summed E-state index contributed by atoms with van der Waals surface area (Å²) >= 11 is 1.53. The van der Waals surface area contributed by atoms with Crippen molar-refractivity contribution in [1.82, 2.24) is 9.36 Å². The summed E-state index contributed by atoms with van der Waals surface area (Å²) in [6.45, 7) is 0.895. The third-order valence-corrected chi connectivity index (χ3v) is 5.63. The predicted molar refractivity (Wildman–Crippen MR) is 80.3 cm³/mol. The van der Waals surface area contributed by atoms with E-state index in [1.807, 2.05) is 0 Å². The second kappa shape index (κ2) is 5.26. The number of hydrogen-bond donors (Lipinski definition) is 1. The molecule has 20 heavy (non-hydrogen) atoms. The zero-order valence-electron chi connectivity index (χ0n) is 11.9. The smallest absolute Gasteiger partial charge is 0.202 e. The lowest BCUT2D eigenvalue weighted by molar-refractivity contribution is -0.103. The highest BCUT2D eigenvalue weighted by Crippen LogP contribution is 2.41. The van der Waals surface area contributed by atoms with Crippen LogP contribution in [0.25, 0.3) is 0 Å². The second-order valence-corrected chi connectivity index (χ2v) is 7.41. The number of nitrogens with zero attached hydrogens (tertiary/aromatic N) is 2. The molecule has 2 saturated carbocycles. The van der Waals surface area contributed by atoms with E-state index in [-0.39, 0.29) is 5.60 Å². The molecule has 0 amide bonds. The lowest BCUT2D eigenvalue weighted by Crippen LogP contribution is -2.45. The molecule has 1 aromatic heterocycles. The van der Waals surface area contributed by atoms with E-state index in [0.717, 1.165) is 30.4 Å². The van der Waals surface area contributed by atoms with Crippen LogP contribution in [0.15, 0.2) is 0 Å². The number of aromatic nitrogens is 2. The van der Waals surface area contributed by atoms with E-state index in [1.54, 1.807) is 0 Å². The fraction of sp³-hybridized carbons (Fsp3) is 0.867. The summed E-state index contributed by atoms with van der Waals surface area (Å²) in [4.78, 5) is 4.66. The SMILES string of the molecule is C1CCC2(CC1)C[C@H](Nc1nc(C3CC3)ns1)CCO2. The third kappa shape index (κ3) is 2.70. The minimum atomic E-state index is 0.165. The number of ether oxygens (including phenoxy) is 1. The van der Waals surface area contributed by atoms with Gasteiger partial charge in [-0.3, -0.25) is 0 Å². The Labute approximate surface area is 124 Å². The van der Waals surface area contributed by atoms with E-state index < -0.39 is 0 Å². The molecule has 1 aliphatic heterocycles. The van der Waals surface area contributed by atoms with E-state index in [4.69, 9.17) is 4.74 Å². The van der Waals surface area contributed by atoms with Crippen LogP contribution in [0.3, 0.4) is 0 Å². The Balaban J connectivity index is 1.39. The van der Waals surface area contributed by atoms with E-state index in [0.29, 0.717) is 12.0 Å². The molecular weight excluding hydrogens is 270 g/mol. The Hall–Kier alpha value is -0.680. The van der Waals surface area contributed by atoms with Crippen LogP contribution in [0, 0.1) is 0 Å². The fourth-order valence-corrected chi connectivity index (χ4v) is 4.39. The average molecular weight is 293 g/mol. The van der Waals surface area contributed by atoms with Gasteiger partial charge in [0.1, 0.15) is 5.82 Å². The van der Waals surface area contributed by atoms with Gasteiger partial charge in [0.2, 0.25) is 5.13 Å². The van der Waals surface area contributed by atoms with E-state index in [2.05, 4.69) is 14.7 Å². The monoisotopic (exact) mass is 293 g/mol. The molecule has 4 nitrogen and oxygen atoms in total. The number of anilines is 1. The van der Waals surface area contributed by atoms with Crippen molar-refractivity contribution < 1.29 is 4.74 Å². The van der Waals surface area contributed by atoms with Gasteiger partial charge in [0.25, 0.3) is 0 Å². The van der Waals surface area contributed by atoms with Crippen LogP contribution in [0.1, 0.15) is 69.5 Å². The maximum absolute atomic E-state index is 6.16. The van der Waals surface area contributed by atoms with E-state index in [1.165, 1.54) is 56.5 Å². The van der Waals surface area contributed by atoms with Crippen molar-refractivity contribution in [1.29, 1.82) is 0 Å². The molecule has 1 atom stereocenters. The first kappa shape index (κ1) is 13.0. The van der Waals surface area contributed by atoms with Crippen molar-refractivity contribution in [3.63, 3.8) is 0 Å². The first-order chi connectivity index (χ1) is 9.83. The van der Waals surface area contributed by atoms with Crippen molar-refractivity contribution in [2.24, 2.45) is 0 Å². The van der Waals surface area contributed by atoms with Gasteiger partial charge in [0.15, 0.2) is 0 Å². The Morgan fingerprint density at radius 1 is 1.15 bits per heavy atom. The highest BCUT2D eigenvalue weighted by molar-refractivity contribution is 7.09. The molecule has 0 unspecified atom stereocenters. The average Bonchev–Trinajstić information content (AvgIpc) is 3.21. The van der Waals surface area contributed by atoms with Crippen LogP contribution in [-0.4, -0.2) is 27.6 Å². The molecule has 3 aliphatic rings. The van der Waals surface area contributed by atoms with Crippen LogP contribution < -0.4 is 5.32 Å². The summed E-state index contributed by atoms with van der Waals surface area (Å²) in [6, 6.07) is 0.516. The Morgan fingerprint density at radius 3 is 2.80 bits per heavy atom. The van der Waals surface area contributed by atoms with Crippen molar-refractivity contribution >= 4 is 16.7 Å². The molecule has 0 aromatic carbocycles. The lowest BCUT2D eigenvalue weighted by atomic mass is 9.78. The molecule has 1 saturated heterocycles. The van der Waals surface area contributed by atoms with Gasteiger partial charge >= 0.3 is 0 Å². The number of nitrogens with one attached hydrogen (secondary N) is 1. The maximum atomic E-state index is 6.16. The zero-order chi connectivity index (χ0) is 13.4. The van der Waals surface area contributed by atoms with Gasteiger partial charge in [-0.25, -0.2) is 4.98 Å².